The summed E-state index contributed by atoms with van der Waals surface area (Å²) >= 11 is 2.52. The van der Waals surface area contributed by atoms with Crippen molar-refractivity contribution in [3.63, 3.8) is 0 Å². The zero-order valence-corrected chi connectivity index (χ0v) is 14.2. The van der Waals surface area contributed by atoms with Crippen LogP contribution in [0.5, 0.6) is 0 Å². The Morgan fingerprint density at radius 2 is 2.18 bits per heavy atom. The van der Waals surface area contributed by atoms with Gasteiger partial charge in [-0.2, -0.15) is 0 Å². The van der Waals surface area contributed by atoms with E-state index in [1.54, 1.807) is 6.92 Å². The van der Waals surface area contributed by atoms with E-state index >= 15 is 0 Å². The predicted octanol–water partition coefficient (Wildman–Crippen LogP) is 1.03. The van der Waals surface area contributed by atoms with E-state index < -0.39 is 22.7 Å². The first-order chi connectivity index (χ1) is 10.3. The molecule has 1 spiro atoms. The van der Waals surface area contributed by atoms with Gasteiger partial charge in [0.15, 0.2) is 10.9 Å². The summed E-state index contributed by atoms with van der Waals surface area (Å²) in [5.41, 5.74) is 0. The molecule has 2 heterocycles. The molecule has 0 aromatic carbocycles. The van der Waals surface area contributed by atoms with E-state index in [9.17, 15) is 24.3 Å². The summed E-state index contributed by atoms with van der Waals surface area (Å²) in [6, 6.07) is -0.952. The van der Waals surface area contributed by atoms with Crippen molar-refractivity contribution in [2.45, 2.75) is 37.5 Å². The third-order valence-electron chi connectivity index (χ3n) is 4.07. The summed E-state index contributed by atoms with van der Waals surface area (Å²) in [7, 11) is 0. The molecule has 2 fully saturated rings. The molecule has 0 aromatic heterocycles. The number of aliphatic carboxylic acids is 1. The first-order valence-corrected chi connectivity index (χ1v) is 9.08. The molecule has 2 saturated heterocycles. The lowest BCUT2D eigenvalue weighted by atomic mass is 9.98. The second-order valence-electron chi connectivity index (χ2n) is 5.74. The molecule has 1 N–H and O–H groups in total. The molecule has 2 unspecified atom stereocenters. The topological polar surface area (TPSA) is 91.8 Å². The van der Waals surface area contributed by atoms with E-state index in [-0.39, 0.29) is 29.8 Å². The molecular weight excluding hydrogens is 326 g/mol. The number of nitrogens with zero attached hydrogens (tertiary/aromatic N) is 1. The van der Waals surface area contributed by atoms with Crippen molar-refractivity contribution in [3.05, 3.63) is 0 Å². The molecule has 0 saturated carbocycles. The van der Waals surface area contributed by atoms with Crippen LogP contribution < -0.4 is 0 Å². The van der Waals surface area contributed by atoms with E-state index in [4.69, 9.17) is 0 Å². The smallest absolute Gasteiger partial charge is 0.326 e. The summed E-state index contributed by atoms with van der Waals surface area (Å²) in [6.45, 7) is 3.29. The second-order valence-corrected chi connectivity index (χ2v) is 8.42. The number of carbonyl (C=O) groups is 4. The minimum Gasteiger partial charge on any atom is -0.480 e. The Morgan fingerprint density at radius 3 is 2.68 bits per heavy atom. The van der Waals surface area contributed by atoms with Gasteiger partial charge in [0.25, 0.3) is 0 Å². The van der Waals surface area contributed by atoms with Crippen molar-refractivity contribution >= 4 is 46.3 Å². The maximum absolute atomic E-state index is 12.5. The van der Waals surface area contributed by atoms with Crippen molar-refractivity contribution in [1.29, 1.82) is 0 Å². The fourth-order valence-electron chi connectivity index (χ4n) is 2.88. The first kappa shape index (κ1) is 17.3. The monoisotopic (exact) mass is 345 g/mol. The van der Waals surface area contributed by atoms with Crippen molar-refractivity contribution in [1.82, 2.24) is 4.90 Å². The molecule has 0 aromatic rings. The zero-order valence-electron chi connectivity index (χ0n) is 12.5. The molecule has 8 heteroatoms. The standard InChI is InChI=1S/C14H19NO5S2/c1-8(6-21-9(2)16)12(18)15-7-14(5-10(15)13(19)20)11(17)3-4-22-14/h8,10H,3-7H2,1-2H3,(H,19,20)/t8?,10-,14?/m0/s1. The Kier molecular flexibility index (Phi) is 5.21. The Bertz CT molecular complexity index is 523. The molecule has 6 nitrogen and oxygen atoms in total. The highest BCUT2D eigenvalue weighted by atomic mass is 32.2. The largest absolute Gasteiger partial charge is 0.480 e. The third-order valence-corrected chi connectivity index (χ3v) is 6.62. The maximum atomic E-state index is 12.5. The third kappa shape index (κ3) is 3.32. The summed E-state index contributed by atoms with van der Waals surface area (Å²) in [6.07, 6.45) is 0.624. The van der Waals surface area contributed by atoms with Crippen LogP contribution in [0.4, 0.5) is 0 Å². The van der Waals surface area contributed by atoms with Gasteiger partial charge in [-0.3, -0.25) is 14.4 Å². The molecule has 0 aliphatic carbocycles. The highest BCUT2D eigenvalue weighted by Crippen LogP contribution is 2.45. The van der Waals surface area contributed by atoms with Crippen LogP contribution in [0.15, 0.2) is 0 Å². The van der Waals surface area contributed by atoms with Gasteiger partial charge in [-0.25, -0.2) is 4.79 Å². The van der Waals surface area contributed by atoms with Gasteiger partial charge >= 0.3 is 5.97 Å². The lowest BCUT2D eigenvalue weighted by Crippen LogP contribution is -2.44. The number of carbonyl (C=O) groups excluding carboxylic acids is 3. The van der Waals surface area contributed by atoms with Crippen LogP contribution >= 0.6 is 23.5 Å². The molecule has 1 amide bonds. The van der Waals surface area contributed by atoms with E-state index in [1.165, 1.54) is 23.6 Å². The molecular formula is C14H19NO5S2. The SMILES string of the molecule is CC(=O)SCC(C)C(=O)N1CC2(C[C@H]1C(=O)O)SCCC2=O. The Morgan fingerprint density at radius 1 is 1.50 bits per heavy atom. The van der Waals surface area contributed by atoms with Crippen molar-refractivity contribution in [3.8, 4) is 0 Å². The number of ketones is 1. The summed E-state index contributed by atoms with van der Waals surface area (Å²) in [4.78, 5) is 48.5. The number of likely N-dealkylation sites (tertiary alicyclic amines) is 1. The normalized spacial score (nSPS) is 29.1. The van der Waals surface area contributed by atoms with Crippen LogP contribution in [0.25, 0.3) is 0 Å². The average Bonchev–Trinajstić information content (AvgIpc) is 3.01. The Balaban J connectivity index is 2.13. The lowest BCUT2D eigenvalue weighted by molar-refractivity contribution is -0.149. The minimum absolute atomic E-state index is 0.0461. The summed E-state index contributed by atoms with van der Waals surface area (Å²) in [5, 5.41) is 9.31. The number of rotatable bonds is 4. The fourth-order valence-corrected chi connectivity index (χ4v) is 4.95. The number of Topliss-reactive ketones (excluding diaryl/α,β-unsaturated/α-hetero) is 1. The van der Waals surface area contributed by atoms with Crippen LogP contribution in [0.3, 0.4) is 0 Å². The van der Waals surface area contributed by atoms with Gasteiger partial charge in [0, 0.05) is 43.7 Å². The summed E-state index contributed by atoms with van der Waals surface area (Å²) in [5.74, 6) is -0.763. The van der Waals surface area contributed by atoms with Gasteiger partial charge < -0.3 is 10.0 Å². The van der Waals surface area contributed by atoms with E-state index in [0.717, 1.165) is 11.8 Å². The van der Waals surface area contributed by atoms with Gasteiger partial charge in [0.2, 0.25) is 5.91 Å². The Labute approximate surface area is 137 Å². The average molecular weight is 345 g/mol. The maximum Gasteiger partial charge on any atom is 0.326 e. The number of thioether (sulfide) groups is 2. The van der Waals surface area contributed by atoms with Gasteiger partial charge in [0.1, 0.15) is 6.04 Å². The van der Waals surface area contributed by atoms with Crippen molar-refractivity contribution < 1.29 is 24.3 Å². The van der Waals surface area contributed by atoms with Crippen LogP contribution in [0.1, 0.15) is 26.7 Å². The van der Waals surface area contributed by atoms with Gasteiger partial charge in [-0.1, -0.05) is 18.7 Å². The van der Waals surface area contributed by atoms with E-state index in [2.05, 4.69) is 0 Å². The lowest BCUT2D eigenvalue weighted by Gasteiger charge is -2.25. The van der Waals surface area contributed by atoms with Crippen LogP contribution in [-0.4, -0.2) is 61.6 Å². The molecule has 0 radical (unpaired) electrons. The van der Waals surface area contributed by atoms with Crippen molar-refractivity contribution in [2.75, 3.05) is 18.1 Å². The van der Waals surface area contributed by atoms with E-state index in [1.807, 2.05) is 0 Å². The van der Waals surface area contributed by atoms with Gasteiger partial charge in [-0.15, -0.1) is 11.8 Å². The minimum atomic E-state index is -1.07. The molecule has 0 bridgehead atoms. The zero-order chi connectivity index (χ0) is 16.5. The quantitative estimate of drug-likeness (QED) is 0.813. The first-order valence-electron chi connectivity index (χ1n) is 7.11. The van der Waals surface area contributed by atoms with E-state index in [0.29, 0.717) is 17.9 Å². The Hall–Kier alpha value is -1.02. The molecule has 122 valence electrons. The molecule has 3 atom stereocenters. The van der Waals surface area contributed by atoms with Gasteiger partial charge in [0.05, 0.1) is 4.75 Å². The second kappa shape index (κ2) is 6.62. The number of hydrogen-bond donors (Lipinski definition) is 1. The highest BCUT2D eigenvalue weighted by molar-refractivity contribution is 8.13. The molecule has 2 aliphatic rings. The number of carboxylic acid groups (broad SMARTS) is 1. The number of hydrogen-bond acceptors (Lipinski definition) is 6. The van der Waals surface area contributed by atoms with Crippen LogP contribution in [0.2, 0.25) is 0 Å². The van der Waals surface area contributed by atoms with Gasteiger partial charge in [-0.05, 0) is 0 Å². The molecule has 2 rings (SSSR count). The van der Waals surface area contributed by atoms with Crippen LogP contribution in [-0.2, 0) is 19.2 Å². The van der Waals surface area contributed by atoms with Crippen LogP contribution in [0, 0.1) is 5.92 Å². The predicted molar refractivity (Wildman–Crippen MR) is 84.9 cm³/mol. The number of carboxylic acids is 1. The molecule has 2 aliphatic heterocycles. The number of amides is 1. The van der Waals surface area contributed by atoms with Crippen molar-refractivity contribution in [2.24, 2.45) is 5.92 Å². The summed E-state index contributed by atoms with van der Waals surface area (Å²) < 4.78 is -0.744. The molecule has 22 heavy (non-hydrogen) atoms. The fraction of sp³-hybridized carbons (Fsp3) is 0.714. The highest BCUT2D eigenvalue weighted by Gasteiger charge is 2.55.